The van der Waals surface area contributed by atoms with Crippen molar-refractivity contribution >= 4 is 15.7 Å². The average molecular weight is 658 g/mol. The number of benzene rings is 3. The van der Waals surface area contributed by atoms with Crippen LogP contribution in [0.5, 0.6) is 17.2 Å². The molecule has 0 radical (unpaired) electrons. The van der Waals surface area contributed by atoms with Crippen LogP contribution >= 0.6 is 7.37 Å². The van der Waals surface area contributed by atoms with Gasteiger partial charge in [0, 0.05) is 25.4 Å². The molecule has 1 unspecified atom stereocenters. The second-order valence-corrected chi connectivity index (χ2v) is 18.9. The van der Waals surface area contributed by atoms with Crippen molar-refractivity contribution in [2.75, 3.05) is 32.3 Å². The first kappa shape index (κ1) is 36.8. The number of rotatable bonds is 22. The van der Waals surface area contributed by atoms with Gasteiger partial charge in [-0.05, 0) is 74.3 Å². The van der Waals surface area contributed by atoms with Crippen molar-refractivity contribution in [2.45, 2.75) is 77.4 Å². The fourth-order valence-corrected chi connectivity index (χ4v) is 7.93. The lowest BCUT2D eigenvalue weighted by Crippen LogP contribution is -2.37. The van der Waals surface area contributed by atoms with E-state index in [1.165, 1.54) is 0 Å². The zero-order chi connectivity index (χ0) is 32.5. The van der Waals surface area contributed by atoms with Crippen molar-refractivity contribution in [3.8, 4) is 17.2 Å². The number of hydrogen-bond acceptors (Lipinski definition) is 7. The molecule has 0 aliphatic carbocycles. The van der Waals surface area contributed by atoms with Gasteiger partial charge in [-0.15, -0.1) is 0 Å². The monoisotopic (exact) mass is 657 g/mol. The highest BCUT2D eigenvalue weighted by atomic mass is 31.2. The maximum Gasteiger partial charge on any atom is 0.245 e. The first-order valence-electron chi connectivity index (χ1n) is 16.0. The lowest BCUT2D eigenvalue weighted by Gasteiger charge is -2.26. The molecule has 3 N–H and O–H groups in total. The standard InChI is InChI=1S/C35H52NO7PSi/c1-5-6-23-45(3,4)43-35-16-11-10-15-34(35)41-27-32(37)25-36-29(2)24-30-17-19-33(20-18-30)42-28-44(38,39)22-12-21-40-26-31-13-8-7-9-14-31/h7-11,13-20,29,32,36-37H,5-6,12,21-28H2,1-4H3,(H,38,39)/t29-,32+/m1/s1. The molecular weight excluding hydrogens is 605 g/mol. The highest BCUT2D eigenvalue weighted by Gasteiger charge is 2.25. The fourth-order valence-electron chi connectivity index (χ4n) is 4.75. The van der Waals surface area contributed by atoms with Gasteiger partial charge in [0.2, 0.25) is 15.7 Å². The molecule has 45 heavy (non-hydrogen) atoms. The average Bonchev–Trinajstić information content (AvgIpc) is 3.02. The summed E-state index contributed by atoms with van der Waals surface area (Å²) in [5, 5.41) is 13.9. The molecule has 0 aromatic heterocycles. The van der Waals surface area contributed by atoms with Crippen LogP contribution in [-0.4, -0.2) is 62.7 Å². The van der Waals surface area contributed by atoms with Crippen LogP contribution in [-0.2, 0) is 22.3 Å². The lowest BCUT2D eigenvalue weighted by molar-refractivity contribution is 0.103. The molecule has 0 bridgehead atoms. The van der Waals surface area contributed by atoms with Crippen LogP contribution in [0.2, 0.25) is 19.1 Å². The molecule has 3 rings (SSSR count). The smallest absolute Gasteiger partial charge is 0.245 e. The van der Waals surface area contributed by atoms with E-state index in [0.29, 0.717) is 37.7 Å². The van der Waals surface area contributed by atoms with Gasteiger partial charge >= 0.3 is 0 Å². The van der Waals surface area contributed by atoms with Gasteiger partial charge in [0.1, 0.15) is 24.2 Å². The summed E-state index contributed by atoms with van der Waals surface area (Å²) >= 11 is 0. The number of para-hydroxylation sites is 2. The number of nitrogens with one attached hydrogen (secondary N) is 1. The number of aliphatic hydroxyl groups excluding tert-OH is 1. The van der Waals surface area contributed by atoms with Gasteiger partial charge in [-0.3, -0.25) is 4.57 Å². The van der Waals surface area contributed by atoms with Crippen molar-refractivity contribution in [2.24, 2.45) is 0 Å². The first-order chi connectivity index (χ1) is 21.5. The molecule has 3 atom stereocenters. The number of unbranched alkanes of at least 4 members (excludes halogenated alkanes) is 1. The Kier molecular flexibility index (Phi) is 15.6. The van der Waals surface area contributed by atoms with Crippen LogP contribution in [0, 0.1) is 0 Å². The quantitative estimate of drug-likeness (QED) is 0.0590. The molecular formula is C35H52NO7PSi. The van der Waals surface area contributed by atoms with Crippen molar-refractivity contribution in [1.82, 2.24) is 5.32 Å². The Morgan fingerprint density at radius 3 is 2.29 bits per heavy atom. The Balaban J connectivity index is 1.33. The first-order valence-corrected chi connectivity index (χ1v) is 21.2. The number of hydrogen-bond donors (Lipinski definition) is 3. The molecule has 0 amide bonds. The minimum Gasteiger partial charge on any atom is -0.542 e. The molecule has 3 aromatic carbocycles. The third kappa shape index (κ3) is 15.0. The fraction of sp³-hybridized carbons (Fsp3) is 0.486. The Morgan fingerprint density at radius 2 is 1.58 bits per heavy atom. The third-order valence-electron chi connectivity index (χ3n) is 7.31. The minimum absolute atomic E-state index is 0.120. The molecule has 10 heteroatoms. The van der Waals surface area contributed by atoms with E-state index < -0.39 is 21.8 Å². The van der Waals surface area contributed by atoms with Crippen molar-refractivity contribution in [1.29, 1.82) is 0 Å². The van der Waals surface area contributed by atoms with Gasteiger partial charge in [-0.2, -0.15) is 0 Å². The highest BCUT2D eigenvalue weighted by molar-refractivity contribution is 7.57. The van der Waals surface area contributed by atoms with E-state index in [1.807, 2.05) is 78.9 Å². The van der Waals surface area contributed by atoms with E-state index in [0.717, 1.165) is 42.2 Å². The van der Waals surface area contributed by atoms with Crippen LogP contribution < -0.4 is 19.2 Å². The zero-order valence-corrected chi connectivity index (χ0v) is 29.2. The SMILES string of the molecule is CCCC[Si](C)(C)Oc1ccccc1OC[C@@H](O)CN[C@H](C)Cc1ccc(OCP(=O)(O)CCCOCc2ccccc2)cc1. The summed E-state index contributed by atoms with van der Waals surface area (Å²) < 4.78 is 36.1. The number of ether oxygens (including phenoxy) is 3. The molecule has 0 aliphatic heterocycles. The minimum atomic E-state index is -3.42. The molecule has 8 nitrogen and oxygen atoms in total. The predicted octanol–water partition coefficient (Wildman–Crippen LogP) is 7.24. The zero-order valence-electron chi connectivity index (χ0n) is 27.3. The lowest BCUT2D eigenvalue weighted by atomic mass is 10.1. The van der Waals surface area contributed by atoms with Crippen LogP contribution in [0.3, 0.4) is 0 Å². The van der Waals surface area contributed by atoms with E-state index >= 15 is 0 Å². The summed E-state index contributed by atoms with van der Waals surface area (Å²) in [6.07, 6.45) is 2.81. The van der Waals surface area contributed by atoms with Crippen LogP contribution in [0.15, 0.2) is 78.9 Å². The number of aliphatic hydroxyl groups is 1. The maximum atomic E-state index is 12.5. The van der Waals surface area contributed by atoms with Crippen molar-refractivity contribution in [3.05, 3.63) is 90.0 Å². The molecule has 0 saturated heterocycles. The van der Waals surface area contributed by atoms with Crippen molar-refractivity contribution in [3.63, 3.8) is 0 Å². The normalized spacial score (nSPS) is 14.4. The van der Waals surface area contributed by atoms with Crippen LogP contribution in [0.4, 0.5) is 0 Å². The molecule has 3 aromatic rings. The summed E-state index contributed by atoms with van der Waals surface area (Å²) in [5.74, 6) is 1.97. The summed E-state index contributed by atoms with van der Waals surface area (Å²) in [6.45, 7) is 10.2. The van der Waals surface area contributed by atoms with Crippen LogP contribution in [0.1, 0.15) is 44.2 Å². The van der Waals surface area contributed by atoms with Gasteiger partial charge < -0.3 is 34.0 Å². The molecule has 0 saturated carbocycles. The second-order valence-electron chi connectivity index (χ2n) is 12.3. The van der Waals surface area contributed by atoms with E-state index in [2.05, 4.69) is 32.3 Å². The third-order valence-corrected chi connectivity index (χ3v) is 11.2. The van der Waals surface area contributed by atoms with Crippen LogP contribution in [0.25, 0.3) is 0 Å². The molecule has 0 heterocycles. The Morgan fingerprint density at radius 1 is 0.889 bits per heavy atom. The molecule has 0 fully saturated rings. The summed E-state index contributed by atoms with van der Waals surface area (Å²) in [7, 11) is -5.26. The second kappa shape index (κ2) is 19.1. The Bertz CT molecular complexity index is 1290. The van der Waals surface area contributed by atoms with Gasteiger partial charge in [0.25, 0.3) is 0 Å². The van der Waals surface area contributed by atoms with E-state index in [4.69, 9.17) is 18.6 Å². The molecule has 0 spiro atoms. The summed E-state index contributed by atoms with van der Waals surface area (Å²) in [5.41, 5.74) is 2.17. The summed E-state index contributed by atoms with van der Waals surface area (Å²) in [4.78, 5) is 10.3. The highest BCUT2D eigenvalue weighted by Crippen LogP contribution is 2.41. The van der Waals surface area contributed by atoms with Gasteiger partial charge in [0.15, 0.2) is 12.1 Å². The Hall–Kier alpha value is -2.65. The van der Waals surface area contributed by atoms with Crippen molar-refractivity contribution < 1.29 is 33.2 Å². The molecule has 248 valence electrons. The molecule has 0 aliphatic rings. The van der Waals surface area contributed by atoms with E-state index in [1.54, 1.807) is 0 Å². The Labute approximate surface area is 270 Å². The van der Waals surface area contributed by atoms with Gasteiger partial charge in [0.05, 0.1) is 6.61 Å². The van der Waals surface area contributed by atoms with E-state index in [-0.39, 0.29) is 25.2 Å². The maximum absolute atomic E-state index is 12.5. The van der Waals surface area contributed by atoms with Gasteiger partial charge in [-0.1, -0.05) is 74.4 Å². The predicted molar refractivity (Wildman–Crippen MR) is 184 cm³/mol. The van der Waals surface area contributed by atoms with E-state index in [9.17, 15) is 14.6 Å². The topological polar surface area (TPSA) is 106 Å². The largest absolute Gasteiger partial charge is 0.542 e. The summed E-state index contributed by atoms with van der Waals surface area (Å²) in [6, 6.07) is 26.3. The van der Waals surface area contributed by atoms with Gasteiger partial charge in [-0.25, -0.2) is 0 Å².